The molecule has 1 aromatic rings. The number of carbonyl (C=O) groups is 1. The number of hydrogen-bond donors (Lipinski definition) is 2. The standard InChI is InChI=1S/C15H26N4O3S2/c1-11(2)21-8-4-6-16-13(20)10-23-15-19-18-14(24-15)17-9-12-5-3-7-22-12/h11-12H,3-10H2,1-2H3,(H,16,20)(H,17,18). The normalized spacial score (nSPS) is 17.4. The molecule has 1 fully saturated rings. The van der Waals surface area contributed by atoms with Crippen LogP contribution in [0.1, 0.15) is 33.1 Å². The SMILES string of the molecule is CC(C)OCCCNC(=O)CSc1nnc(NCC2CCCO2)s1. The van der Waals surface area contributed by atoms with Crippen molar-refractivity contribution in [1.29, 1.82) is 0 Å². The van der Waals surface area contributed by atoms with Crippen LogP contribution in [0.25, 0.3) is 0 Å². The zero-order valence-corrected chi connectivity index (χ0v) is 15.9. The molecular weight excluding hydrogens is 348 g/mol. The van der Waals surface area contributed by atoms with E-state index in [0.717, 1.165) is 41.9 Å². The molecule has 24 heavy (non-hydrogen) atoms. The summed E-state index contributed by atoms with van der Waals surface area (Å²) in [5, 5.41) is 15.1. The van der Waals surface area contributed by atoms with Crippen LogP contribution in [0.5, 0.6) is 0 Å². The van der Waals surface area contributed by atoms with E-state index < -0.39 is 0 Å². The van der Waals surface area contributed by atoms with E-state index in [4.69, 9.17) is 9.47 Å². The molecule has 0 saturated carbocycles. The lowest BCUT2D eigenvalue weighted by Gasteiger charge is -2.08. The lowest BCUT2D eigenvalue weighted by Crippen LogP contribution is -2.27. The minimum absolute atomic E-state index is 0.00797. The second-order valence-electron chi connectivity index (χ2n) is 5.80. The van der Waals surface area contributed by atoms with E-state index in [-0.39, 0.29) is 18.1 Å². The first-order valence-corrected chi connectivity index (χ1v) is 10.1. The minimum Gasteiger partial charge on any atom is -0.379 e. The van der Waals surface area contributed by atoms with Gasteiger partial charge in [0, 0.05) is 26.3 Å². The third-order valence-corrected chi connectivity index (χ3v) is 5.35. The van der Waals surface area contributed by atoms with Gasteiger partial charge in [0.05, 0.1) is 18.0 Å². The summed E-state index contributed by atoms with van der Waals surface area (Å²) in [5.41, 5.74) is 0. The van der Waals surface area contributed by atoms with Crippen molar-refractivity contribution in [3.8, 4) is 0 Å². The lowest BCUT2D eigenvalue weighted by atomic mass is 10.2. The Morgan fingerprint density at radius 2 is 2.38 bits per heavy atom. The minimum atomic E-state index is 0.00797. The number of ether oxygens (including phenoxy) is 2. The van der Waals surface area contributed by atoms with Crippen molar-refractivity contribution in [2.45, 2.75) is 49.7 Å². The van der Waals surface area contributed by atoms with Crippen LogP contribution in [0.3, 0.4) is 0 Å². The predicted octanol–water partition coefficient (Wildman–Crippen LogP) is 2.15. The molecule has 1 aliphatic heterocycles. The third kappa shape index (κ3) is 7.78. The van der Waals surface area contributed by atoms with Crippen molar-refractivity contribution in [3.05, 3.63) is 0 Å². The third-order valence-electron chi connectivity index (χ3n) is 3.33. The molecule has 1 unspecified atom stereocenters. The van der Waals surface area contributed by atoms with E-state index in [0.29, 0.717) is 18.9 Å². The predicted molar refractivity (Wildman–Crippen MR) is 96.8 cm³/mol. The van der Waals surface area contributed by atoms with Gasteiger partial charge < -0.3 is 20.1 Å². The summed E-state index contributed by atoms with van der Waals surface area (Å²) >= 11 is 2.87. The Morgan fingerprint density at radius 1 is 1.50 bits per heavy atom. The molecule has 2 heterocycles. The molecule has 1 aromatic heterocycles. The Bertz CT molecular complexity index is 493. The highest BCUT2D eigenvalue weighted by Crippen LogP contribution is 2.25. The molecule has 0 bridgehead atoms. The zero-order valence-electron chi connectivity index (χ0n) is 14.2. The zero-order chi connectivity index (χ0) is 17.2. The molecule has 0 aromatic carbocycles. The van der Waals surface area contributed by atoms with Crippen molar-refractivity contribution >= 4 is 34.1 Å². The summed E-state index contributed by atoms with van der Waals surface area (Å²) in [5.74, 6) is 0.361. The summed E-state index contributed by atoms with van der Waals surface area (Å²) in [6, 6.07) is 0. The topological polar surface area (TPSA) is 85.4 Å². The number of nitrogens with one attached hydrogen (secondary N) is 2. The van der Waals surface area contributed by atoms with Crippen LogP contribution < -0.4 is 10.6 Å². The van der Waals surface area contributed by atoms with E-state index in [1.165, 1.54) is 23.1 Å². The molecular formula is C15H26N4O3S2. The second-order valence-corrected chi connectivity index (χ2v) is 8.00. The van der Waals surface area contributed by atoms with E-state index >= 15 is 0 Å². The Labute approximate surface area is 151 Å². The summed E-state index contributed by atoms with van der Waals surface area (Å²) < 4.78 is 11.8. The average Bonchev–Trinajstić information content (AvgIpc) is 3.22. The fourth-order valence-corrected chi connectivity index (χ4v) is 3.73. The van der Waals surface area contributed by atoms with Gasteiger partial charge in [0.15, 0.2) is 4.34 Å². The summed E-state index contributed by atoms with van der Waals surface area (Å²) in [6.07, 6.45) is 3.55. The Kier molecular flexibility index (Phi) is 8.79. The quantitative estimate of drug-likeness (QED) is 0.453. The maximum Gasteiger partial charge on any atom is 0.230 e. The molecule has 2 N–H and O–H groups in total. The van der Waals surface area contributed by atoms with Crippen molar-refractivity contribution in [2.24, 2.45) is 0 Å². The highest BCUT2D eigenvalue weighted by atomic mass is 32.2. The fourth-order valence-electron chi connectivity index (χ4n) is 2.14. The molecule has 136 valence electrons. The summed E-state index contributed by atoms with van der Waals surface area (Å²) in [4.78, 5) is 11.8. The first-order valence-electron chi connectivity index (χ1n) is 8.33. The molecule has 0 spiro atoms. The van der Waals surface area contributed by atoms with E-state index in [1.54, 1.807) is 0 Å². The van der Waals surface area contributed by atoms with Gasteiger partial charge in [0.2, 0.25) is 11.0 Å². The second kappa shape index (κ2) is 10.9. The van der Waals surface area contributed by atoms with E-state index in [9.17, 15) is 4.79 Å². The Hall–Kier alpha value is -0.900. The maximum atomic E-state index is 11.8. The first-order chi connectivity index (χ1) is 11.6. The highest BCUT2D eigenvalue weighted by Gasteiger charge is 2.16. The van der Waals surface area contributed by atoms with Gasteiger partial charge in [-0.1, -0.05) is 23.1 Å². The average molecular weight is 375 g/mol. The largest absolute Gasteiger partial charge is 0.379 e. The van der Waals surface area contributed by atoms with Crippen LogP contribution in [0, 0.1) is 0 Å². The van der Waals surface area contributed by atoms with Gasteiger partial charge in [0.1, 0.15) is 0 Å². The van der Waals surface area contributed by atoms with Crippen LogP contribution in [0.4, 0.5) is 5.13 Å². The smallest absolute Gasteiger partial charge is 0.230 e. The molecule has 1 saturated heterocycles. The van der Waals surface area contributed by atoms with Crippen molar-refractivity contribution in [3.63, 3.8) is 0 Å². The first kappa shape index (κ1) is 19.4. The lowest BCUT2D eigenvalue weighted by molar-refractivity contribution is -0.118. The van der Waals surface area contributed by atoms with Gasteiger partial charge in [0.25, 0.3) is 0 Å². The summed E-state index contributed by atoms with van der Waals surface area (Å²) in [7, 11) is 0. The van der Waals surface area contributed by atoms with Crippen molar-refractivity contribution in [2.75, 3.05) is 37.4 Å². The number of hydrogen-bond acceptors (Lipinski definition) is 8. The van der Waals surface area contributed by atoms with E-state index in [1.807, 2.05) is 13.8 Å². The number of thioether (sulfide) groups is 1. The number of nitrogens with zero attached hydrogens (tertiary/aromatic N) is 2. The molecule has 1 aliphatic rings. The van der Waals surface area contributed by atoms with Gasteiger partial charge in [-0.3, -0.25) is 4.79 Å². The van der Waals surface area contributed by atoms with Gasteiger partial charge in [-0.2, -0.15) is 0 Å². The van der Waals surface area contributed by atoms with Crippen LogP contribution in [-0.4, -0.2) is 60.4 Å². The molecule has 0 aliphatic carbocycles. The maximum absolute atomic E-state index is 11.8. The molecule has 1 atom stereocenters. The van der Waals surface area contributed by atoms with Crippen LogP contribution in [0.2, 0.25) is 0 Å². The van der Waals surface area contributed by atoms with Gasteiger partial charge in [-0.15, -0.1) is 10.2 Å². The van der Waals surface area contributed by atoms with Crippen molar-refractivity contribution in [1.82, 2.24) is 15.5 Å². The Morgan fingerprint density at radius 3 is 3.12 bits per heavy atom. The van der Waals surface area contributed by atoms with Crippen LogP contribution in [0.15, 0.2) is 4.34 Å². The summed E-state index contributed by atoms with van der Waals surface area (Å²) in [6.45, 7) is 6.92. The van der Waals surface area contributed by atoms with Crippen LogP contribution >= 0.6 is 23.1 Å². The van der Waals surface area contributed by atoms with Gasteiger partial charge in [-0.05, 0) is 33.1 Å². The van der Waals surface area contributed by atoms with Crippen LogP contribution in [-0.2, 0) is 14.3 Å². The Balaban J connectivity index is 1.55. The molecule has 1 amide bonds. The molecule has 2 rings (SSSR count). The molecule has 7 nitrogen and oxygen atoms in total. The number of amides is 1. The van der Waals surface area contributed by atoms with Crippen molar-refractivity contribution < 1.29 is 14.3 Å². The van der Waals surface area contributed by atoms with E-state index in [2.05, 4.69) is 20.8 Å². The van der Waals surface area contributed by atoms with Gasteiger partial charge >= 0.3 is 0 Å². The number of carbonyl (C=O) groups excluding carboxylic acids is 1. The molecule has 9 heteroatoms. The monoisotopic (exact) mass is 374 g/mol. The number of rotatable bonds is 11. The fraction of sp³-hybridized carbons (Fsp3) is 0.800. The number of aromatic nitrogens is 2. The van der Waals surface area contributed by atoms with Gasteiger partial charge in [-0.25, -0.2) is 0 Å². The number of anilines is 1. The highest BCUT2D eigenvalue weighted by molar-refractivity contribution is 8.01. The molecule has 0 radical (unpaired) electrons.